The number of imidazole rings is 1. The first-order chi connectivity index (χ1) is 9.76. The lowest BCUT2D eigenvalue weighted by atomic mass is 10.3. The van der Waals surface area contributed by atoms with E-state index in [4.69, 9.17) is 10.1 Å². The molecule has 0 amide bonds. The lowest BCUT2D eigenvalue weighted by molar-refractivity contribution is 0.289. The Bertz CT molecular complexity index is 541. The Morgan fingerprint density at radius 3 is 3.05 bits per heavy atom. The van der Waals surface area contributed by atoms with E-state index in [1.165, 1.54) is 5.69 Å². The summed E-state index contributed by atoms with van der Waals surface area (Å²) >= 11 is 1.75. The van der Waals surface area contributed by atoms with Gasteiger partial charge in [0.15, 0.2) is 0 Å². The minimum absolute atomic E-state index is 0.227. The van der Waals surface area contributed by atoms with Gasteiger partial charge >= 0.3 is 0 Å². The first kappa shape index (κ1) is 15.4. The summed E-state index contributed by atoms with van der Waals surface area (Å²) in [6, 6.07) is 6.07. The molecule has 0 fully saturated rings. The molecule has 0 saturated heterocycles. The molecular weight excluding hydrogens is 270 g/mol. The molecule has 0 aromatic carbocycles. The zero-order chi connectivity index (χ0) is 14.4. The van der Waals surface area contributed by atoms with Gasteiger partial charge in [-0.15, -0.1) is 11.8 Å². The van der Waals surface area contributed by atoms with Crippen molar-refractivity contribution in [3.05, 3.63) is 30.1 Å². The van der Waals surface area contributed by atoms with Crippen LogP contribution in [0.25, 0.3) is 5.65 Å². The van der Waals surface area contributed by atoms with Crippen LogP contribution in [-0.2, 0) is 6.54 Å². The number of hydrogen-bond donors (Lipinski definition) is 2. The number of rotatable bonds is 8. The Morgan fingerprint density at radius 1 is 1.45 bits per heavy atom. The summed E-state index contributed by atoms with van der Waals surface area (Å²) < 4.78 is 2.15. The molecule has 2 rings (SSSR count). The number of fused-ring (bicyclic) bond motifs is 1. The van der Waals surface area contributed by atoms with E-state index in [9.17, 15) is 0 Å². The molecule has 2 aromatic rings. The van der Waals surface area contributed by atoms with Gasteiger partial charge in [0.25, 0.3) is 0 Å². The second-order valence-corrected chi connectivity index (χ2v) is 6.34. The smallest absolute Gasteiger partial charge is 0.138 e. The van der Waals surface area contributed by atoms with Crippen molar-refractivity contribution in [1.29, 1.82) is 0 Å². The van der Waals surface area contributed by atoms with E-state index in [2.05, 4.69) is 29.8 Å². The van der Waals surface area contributed by atoms with Crippen LogP contribution in [-0.4, -0.2) is 32.9 Å². The van der Waals surface area contributed by atoms with E-state index in [1.807, 2.05) is 18.2 Å². The summed E-state index contributed by atoms with van der Waals surface area (Å²) in [5.41, 5.74) is 2.20. The third-order valence-corrected chi connectivity index (χ3v) is 4.35. The van der Waals surface area contributed by atoms with E-state index in [0.717, 1.165) is 36.6 Å². The Kier molecular flexibility index (Phi) is 5.88. The van der Waals surface area contributed by atoms with Crippen molar-refractivity contribution < 1.29 is 5.11 Å². The van der Waals surface area contributed by atoms with Crippen LogP contribution in [0.3, 0.4) is 0 Å². The molecule has 0 aliphatic heterocycles. The van der Waals surface area contributed by atoms with E-state index in [0.29, 0.717) is 5.25 Å². The summed E-state index contributed by atoms with van der Waals surface area (Å²) in [6.07, 6.45) is 3.98. The zero-order valence-corrected chi connectivity index (χ0v) is 13.0. The predicted molar refractivity (Wildman–Crippen MR) is 84.2 cm³/mol. The van der Waals surface area contributed by atoms with Gasteiger partial charge in [0.05, 0.1) is 5.69 Å². The second-order valence-electron chi connectivity index (χ2n) is 4.91. The van der Waals surface area contributed by atoms with Gasteiger partial charge in [-0.25, -0.2) is 4.98 Å². The van der Waals surface area contributed by atoms with Gasteiger partial charge in [-0.2, -0.15) is 0 Å². The summed E-state index contributed by atoms with van der Waals surface area (Å²) in [6.45, 7) is 6.36. The molecular formula is C15H23N3OS. The highest BCUT2D eigenvalue weighted by molar-refractivity contribution is 7.99. The van der Waals surface area contributed by atoms with E-state index in [-0.39, 0.29) is 6.61 Å². The maximum Gasteiger partial charge on any atom is 0.138 e. The summed E-state index contributed by atoms with van der Waals surface area (Å²) in [4.78, 5) is 4.72. The molecule has 0 radical (unpaired) electrons. The summed E-state index contributed by atoms with van der Waals surface area (Å²) in [5, 5.41) is 13.9. The van der Waals surface area contributed by atoms with Gasteiger partial charge < -0.3 is 14.8 Å². The fraction of sp³-hybridized carbons (Fsp3) is 0.533. The lowest BCUT2D eigenvalue weighted by Crippen LogP contribution is -2.16. The summed E-state index contributed by atoms with van der Waals surface area (Å²) in [7, 11) is 0. The third-order valence-electron chi connectivity index (χ3n) is 3.16. The first-order valence-electron chi connectivity index (χ1n) is 7.20. The van der Waals surface area contributed by atoms with Crippen LogP contribution in [0.1, 0.15) is 32.4 Å². The number of aromatic nitrogens is 2. The molecule has 20 heavy (non-hydrogen) atoms. The highest BCUT2D eigenvalue weighted by atomic mass is 32.2. The topological polar surface area (TPSA) is 49.6 Å². The largest absolute Gasteiger partial charge is 0.396 e. The van der Waals surface area contributed by atoms with Crippen molar-refractivity contribution in [2.24, 2.45) is 0 Å². The van der Waals surface area contributed by atoms with Gasteiger partial charge in [-0.05, 0) is 31.5 Å². The van der Waals surface area contributed by atoms with Gasteiger partial charge in [-0.1, -0.05) is 19.9 Å². The molecule has 2 N–H and O–H groups in total. The van der Waals surface area contributed by atoms with Crippen LogP contribution in [0.2, 0.25) is 0 Å². The van der Waals surface area contributed by atoms with Crippen molar-refractivity contribution in [1.82, 2.24) is 14.7 Å². The average molecular weight is 293 g/mol. The SMILES string of the molecule is CCCNCc1c(SC(C)CCO)nc2ccccn12. The van der Waals surface area contributed by atoms with Gasteiger partial charge in [0.2, 0.25) is 0 Å². The number of pyridine rings is 1. The second kappa shape index (κ2) is 7.67. The molecule has 0 spiro atoms. The normalized spacial score (nSPS) is 12.9. The molecule has 0 aliphatic rings. The fourth-order valence-electron chi connectivity index (χ4n) is 2.10. The standard InChI is InChI=1S/C15H23N3OS/c1-3-8-16-11-13-15(20-12(2)7-10-19)17-14-6-4-5-9-18(13)14/h4-6,9,12,16,19H,3,7-8,10-11H2,1-2H3. The van der Waals surface area contributed by atoms with E-state index >= 15 is 0 Å². The van der Waals surface area contributed by atoms with Crippen molar-refractivity contribution >= 4 is 17.4 Å². The van der Waals surface area contributed by atoms with Crippen molar-refractivity contribution in [2.45, 2.75) is 43.5 Å². The van der Waals surface area contributed by atoms with Gasteiger partial charge in [0.1, 0.15) is 10.7 Å². The maximum atomic E-state index is 9.05. The number of nitrogens with zero attached hydrogens (tertiary/aromatic N) is 2. The molecule has 2 heterocycles. The minimum atomic E-state index is 0.227. The lowest BCUT2D eigenvalue weighted by Gasteiger charge is -2.10. The average Bonchev–Trinajstić information content (AvgIpc) is 2.77. The van der Waals surface area contributed by atoms with Crippen LogP contribution in [0.4, 0.5) is 0 Å². The fourth-order valence-corrected chi connectivity index (χ4v) is 3.15. The number of hydrogen-bond acceptors (Lipinski definition) is 4. The van der Waals surface area contributed by atoms with Crippen molar-refractivity contribution in [3.63, 3.8) is 0 Å². The van der Waals surface area contributed by atoms with Crippen LogP contribution in [0.15, 0.2) is 29.4 Å². The molecule has 0 aliphatic carbocycles. The van der Waals surface area contributed by atoms with Crippen LogP contribution >= 0.6 is 11.8 Å². The number of nitrogens with one attached hydrogen (secondary N) is 1. The monoisotopic (exact) mass is 293 g/mol. The molecule has 5 heteroatoms. The quantitative estimate of drug-likeness (QED) is 0.580. The molecule has 2 aromatic heterocycles. The predicted octanol–water partition coefficient (Wildman–Crippen LogP) is 2.70. The number of thioether (sulfide) groups is 1. The highest BCUT2D eigenvalue weighted by Crippen LogP contribution is 2.28. The van der Waals surface area contributed by atoms with Crippen LogP contribution in [0, 0.1) is 0 Å². The van der Waals surface area contributed by atoms with Gasteiger partial charge in [-0.3, -0.25) is 0 Å². The van der Waals surface area contributed by atoms with Crippen molar-refractivity contribution in [2.75, 3.05) is 13.2 Å². The Balaban J connectivity index is 2.23. The number of aliphatic hydroxyl groups is 1. The van der Waals surface area contributed by atoms with Crippen LogP contribution in [0.5, 0.6) is 0 Å². The Hall–Kier alpha value is -1.04. The molecule has 1 atom stereocenters. The molecule has 0 bridgehead atoms. The molecule has 0 saturated carbocycles. The zero-order valence-electron chi connectivity index (χ0n) is 12.2. The number of aliphatic hydroxyl groups excluding tert-OH is 1. The van der Waals surface area contributed by atoms with E-state index in [1.54, 1.807) is 11.8 Å². The van der Waals surface area contributed by atoms with Crippen molar-refractivity contribution in [3.8, 4) is 0 Å². The first-order valence-corrected chi connectivity index (χ1v) is 8.08. The Labute approximate surface area is 124 Å². The Morgan fingerprint density at radius 2 is 2.30 bits per heavy atom. The van der Waals surface area contributed by atoms with Crippen LogP contribution < -0.4 is 5.32 Å². The molecule has 4 nitrogen and oxygen atoms in total. The highest BCUT2D eigenvalue weighted by Gasteiger charge is 2.14. The molecule has 110 valence electrons. The third kappa shape index (κ3) is 3.75. The maximum absolute atomic E-state index is 9.05. The van der Waals surface area contributed by atoms with E-state index < -0.39 is 0 Å². The minimum Gasteiger partial charge on any atom is -0.396 e. The summed E-state index contributed by atoms with van der Waals surface area (Å²) in [5.74, 6) is 0. The van der Waals surface area contributed by atoms with Gasteiger partial charge in [0, 0.05) is 24.6 Å². The molecule has 1 unspecified atom stereocenters.